The Morgan fingerprint density at radius 1 is 0.512 bits per heavy atom. The van der Waals surface area contributed by atoms with Crippen molar-refractivity contribution in [2.45, 2.75) is 101 Å². The van der Waals surface area contributed by atoms with Gasteiger partial charge in [0.25, 0.3) is 0 Å². The molecule has 0 aromatic heterocycles. The molecule has 15 heteroatoms. The highest BCUT2D eigenvalue weighted by molar-refractivity contribution is 5.95. The molecular weight excluding hydrogens is 534 g/mol. The highest BCUT2D eigenvalue weighted by Gasteiger charge is 2.30. The van der Waals surface area contributed by atoms with E-state index in [4.69, 9.17) is 33.8 Å². The first kappa shape index (κ1) is 38.1. The molecule has 0 aromatic carbocycles. The van der Waals surface area contributed by atoms with Crippen molar-refractivity contribution in [3.05, 3.63) is 0 Å². The molecule has 41 heavy (non-hydrogen) atoms. The highest BCUT2D eigenvalue weighted by atomic mass is 16.4. The van der Waals surface area contributed by atoms with Gasteiger partial charge in [-0.15, -0.1) is 0 Å². The van der Waals surface area contributed by atoms with Crippen molar-refractivity contribution in [1.82, 2.24) is 21.3 Å². The second-order valence-corrected chi connectivity index (χ2v) is 10.0. The molecule has 0 aliphatic rings. The van der Waals surface area contributed by atoms with Crippen molar-refractivity contribution in [2.24, 2.45) is 28.7 Å². The molecule has 0 rings (SSSR count). The number of rotatable bonds is 25. The van der Waals surface area contributed by atoms with Crippen LogP contribution in [0.25, 0.3) is 0 Å². The third-order valence-corrected chi connectivity index (χ3v) is 6.46. The van der Waals surface area contributed by atoms with Crippen LogP contribution in [-0.2, 0) is 24.0 Å². The topological polar surface area (TPSA) is 284 Å². The summed E-state index contributed by atoms with van der Waals surface area (Å²) in [6.07, 6.45) is 6.03. The summed E-state index contributed by atoms with van der Waals surface area (Å²) in [5.74, 6) is -3.52. The monoisotopic (exact) mass is 587 g/mol. The van der Waals surface area contributed by atoms with E-state index in [0.717, 1.165) is 6.42 Å². The Hall–Kier alpha value is -2.85. The Morgan fingerprint density at radius 3 is 1.22 bits per heavy atom. The van der Waals surface area contributed by atoms with Gasteiger partial charge in [-0.2, -0.15) is 0 Å². The minimum absolute atomic E-state index is 0.234. The van der Waals surface area contributed by atoms with E-state index in [1.54, 1.807) is 0 Å². The zero-order valence-corrected chi connectivity index (χ0v) is 24.2. The van der Waals surface area contributed by atoms with Gasteiger partial charge in [-0.25, -0.2) is 0 Å². The molecule has 15 nitrogen and oxygen atoms in total. The van der Waals surface area contributed by atoms with Crippen LogP contribution >= 0.6 is 0 Å². The predicted octanol–water partition coefficient (Wildman–Crippen LogP) is -2.52. The molecule has 0 saturated heterocycles. The predicted molar refractivity (Wildman–Crippen MR) is 156 cm³/mol. The van der Waals surface area contributed by atoms with E-state index in [-0.39, 0.29) is 12.8 Å². The summed E-state index contributed by atoms with van der Waals surface area (Å²) < 4.78 is 0. The lowest BCUT2D eigenvalue weighted by molar-refractivity contribution is -0.138. The number of hydrogen-bond donors (Lipinski definition) is 10. The maximum absolute atomic E-state index is 13.3. The molecule has 0 aliphatic heterocycles. The Bertz CT molecular complexity index is 787. The van der Waals surface area contributed by atoms with Crippen LogP contribution in [0.3, 0.4) is 0 Å². The molecule has 0 saturated carbocycles. The van der Waals surface area contributed by atoms with Gasteiger partial charge in [0.2, 0.25) is 23.6 Å². The fraction of sp³-hybridized carbons (Fsp3) is 0.808. The second-order valence-electron chi connectivity index (χ2n) is 10.0. The standard InChI is InChI=1S/C26H53N9O6/c27-13-5-1-9-18(31)23(38)33-20(11-3-7-15-29)25(40)35-21(12-4-8-16-30)26(41)34-19(10-2-6-14-28)24(39)32-17-22(36)37/h18-21H,1-17,27-31H2,(H,32,39)(H,33,38)(H,34,41)(H,35,40)(H,36,37)/t18-,19-,20-,21-/m0/s1. The molecule has 0 unspecified atom stereocenters. The number of unbranched alkanes of at least 4 members (excludes halogenated alkanes) is 4. The fourth-order valence-electron chi connectivity index (χ4n) is 4.03. The molecule has 0 fully saturated rings. The van der Waals surface area contributed by atoms with Crippen LogP contribution in [0.5, 0.6) is 0 Å². The third-order valence-electron chi connectivity index (χ3n) is 6.46. The Kier molecular flexibility index (Phi) is 22.2. The van der Waals surface area contributed by atoms with Crippen molar-refractivity contribution in [2.75, 3.05) is 32.7 Å². The molecule has 0 heterocycles. The molecule has 4 atom stereocenters. The van der Waals surface area contributed by atoms with E-state index in [9.17, 15) is 24.0 Å². The SMILES string of the molecule is NCCCC[C@H](NC(=O)[C@H](CCCCN)NC(=O)[C@H](CCCCN)NC(=O)[C@@H](N)CCCCN)C(=O)NCC(=O)O. The van der Waals surface area contributed by atoms with E-state index < -0.39 is 60.3 Å². The Labute approximate surface area is 242 Å². The number of nitrogens with one attached hydrogen (secondary N) is 4. The molecular formula is C26H53N9O6. The molecule has 15 N–H and O–H groups in total. The quantitative estimate of drug-likeness (QED) is 0.0497. The smallest absolute Gasteiger partial charge is 0.322 e. The normalized spacial score (nSPS) is 13.9. The zero-order valence-electron chi connectivity index (χ0n) is 24.2. The van der Waals surface area contributed by atoms with E-state index in [1.165, 1.54) is 0 Å². The number of aliphatic carboxylic acids is 1. The van der Waals surface area contributed by atoms with Crippen molar-refractivity contribution in [3.63, 3.8) is 0 Å². The summed E-state index contributed by atoms with van der Waals surface area (Å²) >= 11 is 0. The first-order valence-corrected chi connectivity index (χ1v) is 14.6. The molecule has 0 aromatic rings. The fourth-order valence-corrected chi connectivity index (χ4v) is 4.03. The van der Waals surface area contributed by atoms with Gasteiger partial charge >= 0.3 is 5.97 Å². The van der Waals surface area contributed by atoms with E-state index >= 15 is 0 Å². The van der Waals surface area contributed by atoms with Gasteiger partial charge in [-0.1, -0.05) is 6.42 Å². The summed E-state index contributed by atoms with van der Waals surface area (Å²) in [6, 6.07) is -3.80. The van der Waals surface area contributed by atoms with E-state index in [0.29, 0.717) is 84.0 Å². The van der Waals surface area contributed by atoms with Crippen LogP contribution in [0.15, 0.2) is 0 Å². The minimum atomic E-state index is -1.22. The van der Waals surface area contributed by atoms with Gasteiger partial charge < -0.3 is 55.0 Å². The number of carboxylic acids is 1. The van der Waals surface area contributed by atoms with Gasteiger partial charge in [-0.3, -0.25) is 24.0 Å². The minimum Gasteiger partial charge on any atom is -0.480 e. The number of carboxylic acid groups (broad SMARTS) is 1. The molecule has 0 radical (unpaired) electrons. The number of carbonyl (C=O) groups is 5. The van der Waals surface area contributed by atoms with Gasteiger partial charge in [0.05, 0.1) is 6.04 Å². The Morgan fingerprint density at radius 2 is 0.854 bits per heavy atom. The molecule has 4 amide bonds. The summed E-state index contributed by atoms with van der Waals surface area (Å²) in [4.78, 5) is 62.9. The van der Waals surface area contributed by atoms with Crippen molar-refractivity contribution < 1.29 is 29.1 Å². The molecule has 0 bridgehead atoms. The molecule has 0 aliphatic carbocycles. The van der Waals surface area contributed by atoms with Crippen LogP contribution in [0, 0.1) is 0 Å². The first-order chi connectivity index (χ1) is 19.6. The first-order valence-electron chi connectivity index (χ1n) is 14.6. The van der Waals surface area contributed by atoms with Gasteiger partial charge in [0.15, 0.2) is 0 Å². The third kappa shape index (κ3) is 18.3. The van der Waals surface area contributed by atoms with Crippen LogP contribution in [-0.4, -0.2) is 91.6 Å². The number of carbonyl (C=O) groups excluding carboxylic acids is 4. The van der Waals surface area contributed by atoms with Crippen LogP contribution < -0.4 is 49.9 Å². The van der Waals surface area contributed by atoms with Crippen molar-refractivity contribution in [3.8, 4) is 0 Å². The lowest BCUT2D eigenvalue weighted by Crippen LogP contribution is -2.57. The maximum atomic E-state index is 13.3. The number of hydrogen-bond acceptors (Lipinski definition) is 10. The van der Waals surface area contributed by atoms with Crippen LogP contribution in [0.2, 0.25) is 0 Å². The molecule has 238 valence electrons. The average Bonchev–Trinajstić information content (AvgIpc) is 2.94. The summed E-state index contributed by atoms with van der Waals surface area (Å²) in [7, 11) is 0. The van der Waals surface area contributed by atoms with Crippen LogP contribution in [0.4, 0.5) is 0 Å². The lowest BCUT2D eigenvalue weighted by atomic mass is 10.0. The largest absolute Gasteiger partial charge is 0.480 e. The summed E-state index contributed by atoms with van der Waals surface area (Å²) in [5.41, 5.74) is 28.3. The highest BCUT2D eigenvalue weighted by Crippen LogP contribution is 2.08. The van der Waals surface area contributed by atoms with Crippen molar-refractivity contribution in [1.29, 1.82) is 0 Å². The zero-order chi connectivity index (χ0) is 31.0. The lowest BCUT2D eigenvalue weighted by Gasteiger charge is -2.26. The van der Waals surface area contributed by atoms with E-state index in [1.807, 2.05) is 0 Å². The average molecular weight is 588 g/mol. The Balaban J connectivity index is 5.66. The summed E-state index contributed by atoms with van der Waals surface area (Å²) in [5, 5.41) is 19.3. The van der Waals surface area contributed by atoms with Crippen LogP contribution in [0.1, 0.15) is 77.0 Å². The maximum Gasteiger partial charge on any atom is 0.322 e. The van der Waals surface area contributed by atoms with Gasteiger partial charge in [0, 0.05) is 0 Å². The molecule has 0 spiro atoms. The van der Waals surface area contributed by atoms with E-state index in [2.05, 4.69) is 21.3 Å². The van der Waals surface area contributed by atoms with Gasteiger partial charge in [0.1, 0.15) is 24.7 Å². The summed E-state index contributed by atoms with van der Waals surface area (Å²) in [6.45, 7) is 1.09. The number of nitrogens with two attached hydrogens (primary N) is 5. The second kappa shape index (κ2) is 23.8. The van der Waals surface area contributed by atoms with Crippen molar-refractivity contribution >= 4 is 29.6 Å². The number of amides is 4. The van der Waals surface area contributed by atoms with Gasteiger partial charge in [-0.05, 0) is 96.8 Å².